The molecule has 27 heavy (non-hydrogen) atoms. The summed E-state index contributed by atoms with van der Waals surface area (Å²) in [5, 5.41) is 2.84. The van der Waals surface area contributed by atoms with E-state index in [4.69, 9.17) is 9.47 Å². The number of fused-ring (bicyclic) bond motifs is 2. The van der Waals surface area contributed by atoms with Crippen molar-refractivity contribution in [3.05, 3.63) is 24.3 Å². The molecule has 1 aromatic rings. The van der Waals surface area contributed by atoms with Gasteiger partial charge in [0.25, 0.3) is 0 Å². The van der Waals surface area contributed by atoms with Gasteiger partial charge in [-0.25, -0.2) is 0 Å². The molecule has 1 aliphatic carbocycles. The molecular formula is C21H27NO5. The van der Waals surface area contributed by atoms with Crippen LogP contribution in [0, 0.1) is 16.2 Å². The van der Waals surface area contributed by atoms with Gasteiger partial charge in [-0.3, -0.25) is 14.4 Å². The van der Waals surface area contributed by atoms with E-state index in [2.05, 4.69) is 12.2 Å². The first kappa shape index (κ1) is 19.4. The minimum atomic E-state index is -1.37. The van der Waals surface area contributed by atoms with Gasteiger partial charge in [0.2, 0.25) is 5.91 Å². The maximum absolute atomic E-state index is 13.2. The zero-order valence-electron chi connectivity index (χ0n) is 16.4. The van der Waals surface area contributed by atoms with Crippen molar-refractivity contribution >= 4 is 23.5 Å². The third kappa shape index (κ3) is 2.73. The Morgan fingerprint density at radius 1 is 1.11 bits per heavy atom. The van der Waals surface area contributed by atoms with Gasteiger partial charge in [0.05, 0.1) is 12.0 Å². The Balaban J connectivity index is 1.79. The first-order valence-electron chi connectivity index (χ1n) is 9.50. The Morgan fingerprint density at radius 2 is 1.78 bits per heavy atom. The summed E-state index contributed by atoms with van der Waals surface area (Å²) in [4.78, 5) is 38.1. The fourth-order valence-electron chi connectivity index (χ4n) is 4.23. The van der Waals surface area contributed by atoms with E-state index >= 15 is 0 Å². The number of esters is 2. The average molecular weight is 373 g/mol. The number of hydrogen-bond donors (Lipinski definition) is 1. The quantitative estimate of drug-likeness (QED) is 0.467. The normalized spacial score (nSPS) is 28.6. The highest BCUT2D eigenvalue weighted by atomic mass is 16.6. The Hall–Kier alpha value is -2.37. The Labute approximate surface area is 159 Å². The summed E-state index contributed by atoms with van der Waals surface area (Å²) in [5.74, 6) is -0.971. The second-order valence-corrected chi connectivity index (χ2v) is 8.22. The summed E-state index contributed by atoms with van der Waals surface area (Å²) in [6.07, 6.45) is 2.78. The summed E-state index contributed by atoms with van der Waals surface area (Å²) < 4.78 is 10.6. The second-order valence-electron chi connectivity index (χ2n) is 8.22. The number of rotatable bonds is 6. The van der Waals surface area contributed by atoms with Crippen molar-refractivity contribution in [2.45, 2.75) is 53.4 Å². The molecular weight excluding hydrogens is 346 g/mol. The number of unbranched alkanes of at least 4 members (excludes halogenated alkanes) is 1. The predicted octanol–water partition coefficient (Wildman–Crippen LogP) is 3.70. The van der Waals surface area contributed by atoms with Crippen LogP contribution in [-0.2, 0) is 19.1 Å². The highest BCUT2D eigenvalue weighted by Gasteiger charge is 2.75. The molecule has 3 rings (SSSR count). The number of anilines is 1. The van der Waals surface area contributed by atoms with Gasteiger partial charge < -0.3 is 14.8 Å². The Morgan fingerprint density at radius 3 is 2.41 bits per heavy atom. The van der Waals surface area contributed by atoms with Gasteiger partial charge >= 0.3 is 11.9 Å². The van der Waals surface area contributed by atoms with Crippen molar-refractivity contribution < 1.29 is 23.9 Å². The minimum Gasteiger partial charge on any atom is -0.494 e. The Bertz CT molecular complexity index is 769. The molecule has 1 aromatic carbocycles. The van der Waals surface area contributed by atoms with E-state index in [0.717, 1.165) is 18.6 Å². The van der Waals surface area contributed by atoms with Crippen LogP contribution in [0.4, 0.5) is 5.69 Å². The molecule has 2 atom stereocenters. The molecule has 2 unspecified atom stereocenters. The largest absolute Gasteiger partial charge is 0.494 e. The smallest absolute Gasteiger partial charge is 0.329 e. The molecule has 2 fully saturated rings. The van der Waals surface area contributed by atoms with E-state index in [1.54, 1.807) is 31.2 Å². The van der Waals surface area contributed by atoms with E-state index in [1.807, 2.05) is 13.8 Å². The molecule has 0 spiro atoms. The molecule has 2 bridgehead atoms. The van der Waals surface area contributed by atoms with Crippen LogP contribution in [0.25, 0.3) is 0 Å². The number of ether oxygens (including phenoxy) is 2. The standard InChI is InChI=1S/C21H27NO5/c1-5-6-13-26-15-9-7-14(8-10-15)22-16(23)21-12-11-20(4,19(21,2)3)17(24)27-18(21)25/h7-10H,5-6,11-13H2,1-4H3,(H,22,23). The van der Waals surface area contributed by atoms with Gasteiger partial charge in [-0.2, -0.15) is 0 Å². The number of hydrogen-bond acceptors (Lipinski definition) is 5. The number of nitrogens with one attached hydrogen (secondary N) is 1. The average Bonchev–Trinajstić information content (AvgIpc) is 2.77. The monoisotopic (exact) mass is 373 g/mol. The maximum Gasteiger partial charge on any atom is 0.329 e. The van der Waals surface area contributed by atoms with Crippen molar-refractivity contribution in [2.75, 3.05) is 11.9 Å². The summed E-state index contributed by atoms with van der Waals surface area (Å²) in [6, 6.07) is 7.07. The molecule has 146 valence electrons. The third-order valence-electron chi connectivity index (χ3n) is 6.70. The van der Waals surface area contributed by atoms with Gasteiger partial charge in [-0.15, -0.1) is 0 Å². The van der Waals surface area contributed by atoms with E-state index in [9.17, 15) is 14.4 Å². The molecule has 0 aromatic heterocycles. The Kier molecular flexibility index (Phi) is 4.78. The zero-order chi connectivity index (χ0) is 19.9. The molecule has 0 radical (unpaired) electrons. The van der Waals surface area contributed by atoms with E-state index < -0.39 is 34.1 Å². The van der Waals surface area contributed by atoms with Gasteiger partial charge in [-0.1, -0.05) is 27.2 Å². The van der Waals surface area contributed by atoms with Crippen LogP contribution in [0.3, 0.4) is 0 Å². The van der Waals surface area contributed by atoms with Crippen molar-refractivity contribution in [2.24, 2.45) is 16.2 Å². The maximum atomic E-state index is 13.2. The van der Waals surface area contributed by atoms with Crippen molar-refractivity contribution in [1.82, 2.24) is 0 Å². The summed E-state index contributed by atoms with van der Waals surface area (Å²) in [5.41, 5.74) is -2.48. The lowest BCUT2D eigenvalue weighted by Crippen LogP contribution is -2.60. The molecule has 1 saturated heterocycles. The lowest BCUT2D eigenvalue weighted by atomic mass is 9.57. The lowest BCUT2D eigenvalue weighted by Gasteiger charge is -2.48. The van der Waals surface area contributed by atoms with Crippen LogP contribution in [0.2, 0.25) is 0 Å². The highest BCUT2D eigenvalue weighted by molar-refractivity contribution is 6.15. The van der Waals surface area contributed by atoms with Gasteiger partial charge in [-0.05, 0) is 50.5 Å². The lowest BCUT2D eigenvalue weighted by molar-refractivity contribution is -0.195. The third-order valence-corrected chi connectivity index (χ3v) is 6.70. The molecule has 1 heterocycles. The topological polar surface area (TPSA) is 81.7 Å². The van der Waals surface area contributed by atoms with E-state index in [0.29, 0.717) is 25.1 Å². The highest BCUT2D eigenvalue weighted by Crippen LogP contribution is 2.66. The number of carbonyl (C=O) groups is 3. The summed E-state index contributed by atoms with van der Waals surface area (Å²) in [6.45, 7) is 8.14. The van der Waals surface area contributed by atoms with E-state index in [-0.39, 0.29) is 0 Å². The van der Waals surface area contributed by atoms with Crippen molar-refractivity contribution in [1.29, 1.82) is 0 Å². The van der Waals surface area contributed by atoms with Gasteiger partial charge in [0.15, 0.2) is 5.41 Å². The molecule has 1 amide bonds. The summed E-state index contributed by atoms with van der Waals surface area (Å²) >= 11 is 0. The fraction of sp³-hybridized carbons (Fsp3) is 0.571. The van der Waals surface area contributed by atoms with Crippen LogP contribution in [-0.4, -0.2) is 24.5 Å². The molecule has 1 aliphatic heterocycles. The van der Waals surface area contributed by atoms with Crippen LogP contribution in [0.15, 0.2) is 24.3 Å². The number of amides is 1. The van der Waals surface area contributed by atoms with Gasteiger partial charge in [0, 0.05) is 11.1 Å². The van der Waals surface area contributed by atoms with Crippen LogP contribution >= 0.6 is 0 Å². The number of carbonyl (C=O) groups excluding carboxylic acids is 3. The molecule has 6 nitrogen and oxygen atoms in total. The van der Waals surface area contributed by atoms with Gasteiger partial charge in [0.1, 0.15) is 5.75 Å². The summed E-state index contributed by atoms with van der Waals surface area (Å²) in [7, 11) is 0. The molecule has 1 N–H and O–H groups in total. The van der Waals surface area contributed by atoms with Crippen LogP contribution in [0.1, 0.15) is 53.4 Å². The first-order chi connectivity index (χ1) is 12.7. The fourth-order valence-corrected chi connectivity index (χ4v) is 4.23. The van der Waals surface area contributed by atoms with Crippen LogP contribution < -0.4 is 10.1 Å². The minimum absolute atomic E-state index is 0.297. The van der Waals surface area contributed by atoms with E-state index in [1.165, 1.54) is 0 Å². The van der Waals surface area contributed by atoms with Crippen molar-refractivity contribution in [3.8, 4) is 5.75 Å². The SMILES string of the molecule is CCCCOc1ccc(NC(=O)C23CCC(C)(C(=O)OC2=O)C3(C)C)cc1. The first-order valence-corrected chi connectivity index (χ1v) is 9.50. The predicted molar refractivity (Wildman–Crippen MR) is 100 cm³/mol. The second kappa shape index (κ2) is 6.66. The van der Waals surface area contributed by atoms with Crippen molar-refractivity contribution in [3.63, 3.8) is 0 Å². The number of benzene rings is 1. The number of cyclic esters (lactones) is 2. The molecule has 1 saturated carbocycles. The molecule has 2 aliphatic rings. The molecule has 6 heteroatoms. The zero-order valence-corrected chi connectivity index (χ0v) is 16.4. The van der Waals surface area contributed by atoms with Crippen LogP contribution in [0.5, 0.6) is 5.75 Å².